The highest BCUT2D eigenvalue weighted by Crippen LogP contribution is 2.35. The Morgan fingerprint density at radius 2 is 2.36 bits per heavy atom. The molecule has 1 unspecified atom stereocenters. The lowest BCUT2D eigenvalue weighted by Crippen LogP contribution is -2.33. The summed E-state index contributed by atoms with van der Waals surface area (Å²) < 4.78 is 5.40. The molecule has 1 aliphatic heterocycles. The molecule has 0 bridgehead atoms. The van der Waals surface area contributed by atoms with Crippen molar-refractivity contribution in [3.05, 3.63) is 0 Å². The number of carbonyl (C=O) groups excluding carboxylic acids is 1. The molecule has 2 aliphatic rings. The van der Waals surface area contributed by atoms with E-state index in [1.54, 1.807) is 0 Å². The van der Waals surface area contributed by atoms with Gasteiger partial charge in [-0.2, -0.15) is 0 Å². The molecule has 1 saturated heterocycles. The number of hydrogen-bond acceptors (Lipinski definition) is 3. The van der Waals surface area contributed by atoms with E-state index in [0.717, 1.165) is 32.2 Å². The lowest BCUT2D eigenvalue weighted by atomic mass is 10.0. The van der Waals surface area contributed by atoms with Crippen LogP contribution < -0.4 is 5.73 Å². The number of cyclic esters (lactones) is 1. The van der Waals surface area contributed by atoms with E-state index < -0.39 is 0 Å². The van der Waals surface area contributed by atoms with Crippen LogP contribution in [0.15, 0.2) is 0 Å². The molecule has 1 heterocycles. The van der Waals surface area contributed by atoms with Crippen LogP contribution in [0.4, 0.5) is 4.79 Å². The first-order valence-electron chi connectivity index (χ1n) is 5.34. The van der Waals surface area contributed by atoms with Crippen molar-refractivity contribution in [3.8, 4) is 0 Å². The van der Waals surface area contributed by atoms with Crippen LogP contribution in [0.3, 0.4) is 0 Å². The fraction of sp³-hybridized carbons (Fsp3) is 0.900. The average Bonchev–Trinajstić information content (AvgIpc) is 2.91. The van der Waals surface area contributed by atoms with Crippen LogP contribution in [-0.4, -0.2) is 35.7 Å². The van der Waals surface area contributed by atoms with Gasteiger partial charge in [-0.3, -0.25) is 0 Å². The van der Waals surface area contributed by atoms with Crippen molar-refractivity contribution in [3.63, 3.8) is 0 Å². The zero-order chi connectivity index (χ0) is 10.2. The molecule has 0 spiro atoms. The number of hydrogen-bond donors (Lipinski definition) is 1. The summed E-state index contributed by atoms with van der Waals surface area (Å²) in [6, 6.07) is 0.460. The van der Waals surface area contributed by atoms with Crippen molar-refractivity contribution in [1.82, 2.24) is 4.90 Å². The molecule has 80 valence electrons. The summed E-state index contributed by atoms with van der Waals surface area (Å²) in [5.41, 5.74) is 5.16. The lowest BCUT2D eigenvalue weighted by Gasteiger charge is -2.21. The highest BCUT2D eigenvalue weighted by Gasteiger charge is 2.46. The molecule has 0 aromatic heterocycles. The number of carbonyl (C=O) groups is 1. The van der Waals surface area contributed by atoms with Gasteiger partial charge in [-0.1, -0.05) is 0 Å². The average molecular weight is 198 g/mol. The normalized spacial score (nSPS) is 32.1. The maximum atomic E-state index is 11.5. The minimum atomic E-state index is -0.293. The van der Waals surface area contributed by atoms with E-state index in [9.17, 15) is 4.79 Å². The number of ether oxygens (including phenoxy) is 1. The van der Waals surface area contributed by atoms with E-state index in [2.05, 4.69) is 0 Å². The van der Waals surface area contributed by atoms with Crippen molar-refractivity contribution >= 4 is 6.09 Å². The summed E-state index contributed by atoms with van der Waals surface area (Å²) in [6.45, 7) is 3.41. The number of amides is 1. The zero-order valence-electron chi connectivity index (χ0n) is 8.66. The van der Waals surface area contributed by atoms with Crippen molar-refractivity contribution in [2.24, 2.45) is 5.73 Å². The van der Waals surface area contributed by atoms with Gasteiger partial charge in [0.25, 0.3) is 0 Å². The van der Waals surface area contributed by atoms with Gasteiger partial charge >= 0.3 is 6.09 Å². The quantitative estimate of drug-likeness (QED) is 0.736. The highest BCUT2D eigenvalue weighted by molar-refractivity contribution is 5.71. The van der Waals surface area contributed by atoms with Gasteiger partial charge in [0.1, 0.15) is 5.60 Å². The zero-order valence-corrected chi connectivity index (χ0v) is 8.66. The third kappa shape index (κ3) is 1.85. The molecule has 0 aromatic rings. The van der Waals surface area contributed by atoms with E-state index in [0.29, 0.717) is 12.6 Å². The number of nitrogens with two attached hydrogens (primary N) is 1. The molecule has 0 radical (unpaired) electrons. The molecule has 2 fully saturated rings. The maximum absolute atomic E-state index is 11.5. The summed E-state index contributed by atoms with van der Waals surface area (Å²) in [5.74, 6) is 0. The Kier molecular flexibility index (Phi) is 2.39. The minimum Gasteiger partial charge on any atom is -0.441 e. The van der Waals surface area contributed by atoms with Crippen LogP contribution in [-0.2, 0) is 4.74 Å². The van der Waals surface area contributed by atoms with Gasteiger partial charge in [0.15, 0.2) is 0 Å². The van der Waals surface area contributed by atoms with Gasteiger partial charge in [0.2, 0.25) is 0 Å². The van der Waals surface area contributed by atoms with Gasteiger partial charge < -0.3 is 15.4 Å². The molecule has 1 amide bonds. The Labute approximate surface area is 84.4 Å². The molecule has 4 nitrogen and oxygen atoms in total. The van der Waals surface area contributed by atoms with E-state index >= 15 is 0 Å². The Morgan fingerprint density at radius 1 is 1.64 bits per heavy atom. The van der Waals surface area contributed by atoms with Gasteiger partial charge in [-0.25, -0.2) is 4.79 Å². The van der Waals surface area contributed by atoms with Crippen molar-refractivity contribution < 1.29 is 9.53 Å². The molecule has 1 saturated carbocycles. The smallest absolute Gasteiger partial charge is 0.410 e. The van der Waals surface area contributed by atoms with E-state index in [1.807, 2.05) is 11.8 Å². The van der Waals surface area contributed by atoms with Crippen molar-refractivity contribution in [1.29, 1.82) is 0 Å². The van der Waals surface area contributed by atoms with Crippen molar-refractivity contribution in [2.75, 3.05) is 13.1 Å². The second-order valence-corrected chi connectivity index (χ2v) is 4.57. The van der Waals surface area contributed by atoms with Gasteiger partial charge in [0.05, 0.1) is 6.54 Å². The van der Waals surface area contributed by atoms with Crippen LogP contribution >= 0.6 is 0 Å². The predicted octanol–water partition coefficient (Wildman–Crippen LogP) is 1.10. The maximum Gasteiger partial charge on any atom is 0.410 e. The Bertz CT molecular complexity index is 240. The SMILES string of the molecule is CC1(CCCN)CN(C2CC2)C(=O)O1. The second-order valence-electron chi connectivity index (χ2n) is 4.57. The molecule has 4 heteroatoms. The third-order valence-electron chi connectivity index (χ3n) is 2.97. The van der Waals surface area contributed by atoms with E-state index in [4.69, 9.17) is 10.5 Å². The summed E-state index contributed by atoms with van der Waals surface area (Å²) in [5, 5.41) is 0. The van der Waals surface area contributed by atoms with E-state index in [1.165, 1.54) is 0 Å². The molecule has 1 atom stereocenters. The number of nitrogens with zero attached hydrogens (tertiary/aromatic N) is 1. The Morgan fingerprint density at radius 3 is 2.93 bits per heavy atom. The van der Waals surface area contributed by atoms with Crippen LogP contribution in [0.2, 0.25) is 0 Å². The van der Waals surface area contributed by atoms with Gasteiger partial charge in [-0.15, -0.1) is 0 Å². The first-order chi connectivity index (χ1) is 6.64. The topological polar surface area (TPSA) is 55.6 Å². The Balaban J connectivity index is 1.92. The van der Waals surface area contributed by atoms with Crippen LogP contribution in [0.25, 0.3) is 0 Å². The van der Waals surface area contributed by atoms with Crippen LogP contribution in [0.1, 0.15) is 32.6 Å². The highest BCUT2D eigenvalue weighted by atomic mass is 16.6. The monoisotopic (exact) mass is 198 g/mol. The Hall–Kier alpha value is -0.770. The van der Waals surface area contributed by atoms with Crippen molar-refractivity contribution in [2.45, 2.75) is 44.2 Å². The second kappa shape index (κ2) is 3.42. The number of rotatable bonds is 4. The van der Waals surface area contributed by atoms with Gasteiger partial charge in [-0.05, 0) is 39.2 Å². The summed E-state index contributed by atoms with van der Waals surface area (Å²) in [4.78, 5) is 13.4. The first kappa shape index (κ1) is 9.77. The van der Waals surface area contributed by atoms with Crippen LogP contribution in [0.5, 0.6) is 0 Å². The summed E-state index contributed by atoms with van der Waals surface area (Å²) >= 11 is 0. The third-order valence-corrected chi connectivity index (χ3v) is 2.97. The fourth-order valence-electron chi connectivity index (χ4n) is 2.00. The first-order valence-corrected chi connectivity index (χ1v) is 5.34. The molecule has 2 N–H and O–H groups in total. The molecule has 2 rings (SSSR count). The van der Waals surface area contributed by atoms with Gasteiger partial charge in [0, 0.05) is 6.04 Å². The summed E-state index contributed by atoms with van der Waals surface area (Å²) in [6.07, 6.45) is 3.94. The molecule has 0 aromatic carbocycles. The fourth-order valence-corrected chi connectivity index (χ4v) is 2.00. The molecule has 1 aliphatic carbocycles. The molecular formula is C10H18N2O2. The summed E-state index contributed by atoms with van der Waals surface area (Å²) in [7, 11) is 0. The standard InChI is InChI=1S/C10H18N2O2/c1-10(5-2-6-11)7-12(8-3-4-8)9(13)14-10/h8H,2-7,11H2,1H3. The lowest BCUT2D eigenvalue weighted by molar-refractivity contribution is 0.0638. The molecule has 14 heavy (non-hydrogen) atoms. The van der Waals surface area contributed by atoms with Crippen LogP contribution in [0, 0.1) is 0 Å². The van der Waals surface area contributed by atoms with E-state index in [-0.39, 0.29) is 11.7 Å². The molecular weight excluding hydrogens is 180 g/mol. The largest absolute Gasteiger partial charge is 0.441 e. The predicted molar refractivity (Wildman–Crippen MR) is 52.9 cm³/mol. The minimum absolute atomic E-state index is 0.132.